The molecule has 0 saturated carbocycles. The lowest BCUT2D eigenvalue weighted by Crippen LogP contribution is -1.86. The van der Waals surface area contributed by atoms with Crippen LogP contribution in [0.4, 0.5) is 0 Å². The third kappa shape index (κ3) is 2.32. The van der Waals surface area contributed by atoms with Crippen molar-refractivity contribution in [2.45, 2.75) is 25.7 Å². The molecule has 0 saturated heterocycles. The molecule has 0 aliphatic rings. The lowest BCUT2D eigenvalue weighted by atomic mass is 10.0. The van der Waals surface area contributed by atoms with Crippen LogP contribution in [0.1, 0.15) is 16.7 Å². The summed E-state index contributed by atoms with van der Waals surface area (Å²) < 4.78 is 0. The summed E-state index contributed by atoms with van der Waals surface area (Å²) in [6.07, 6.45) is 2.09. The molecule has 108 valence electrons. The van der Waals surface area contributed by atoms with Crippen molar-refractivity contribution >= 4 is 22.7 Å². The Bertz CT molecular complexity index is 810. The molecule has 0 radical (unpaired) electrons. The molecule has 2 nitrogen and oxygen atoms in total. The molecule has 0 aliphatic heterocycles. The van der Waals surface area contributed by atoms with Gasteiger partial charge in [-0.2, -0.15) is 0 Å². The number of rotatable bonds is 2. The van der Waals surface area contributed by atoms with Crippen LogP contribution in [0.3, 0.4) is 0 Å². The first-order chi connectivity index (χ1) is 10.0. The van der Waals surface area contributed by atoms with Crippen molar-refractivity contribution in [1.82, 2.24) is 4.98 Å². The first-order valence-electron chi connectivity index (χ1n) is 6.98. The molecular formula is C18H19NOS. The molecule has 3 heteroatoms. The van der Waals surface area contributed by atoms with Crippen molar-refractivity contribution in [2.24, 2.45) is 0 Å². The fourth-order valence-corrected chi connectivity index (χ4v) is 3.26. The summed E-state index contributed by atoms with van der Waals surface area (Å²) in [5.74, 6) is 0.386. The monoisotopic (exact) mass is 297 g/mol. The number of aromatic nitrogens is 1. The number of nitrogens with one attached hydrogen (secondary N) is 1. The fraction of sp³-hybridized carbons (Fsp3) is 0.222. The summed E-state index contributed by atoms with van der Waals surface area (Å²) in [6.45, 7) is 6.03. The minimum absolute atomic E-state index is 0.386. The highest BCUT2D eigenvalue weighted by atomic mass is 32.2. The maximum atomic E-state index is 9.94. The summed E-state index contributed by atoms with van der Waals surface area (Å²) in [5.41, 5.74) is 6.49. The zero-order valence-corrected chi connectivity index (χ0v) is 13.6. The van der Waals surface area contributed by atoms with E-state index in [-0.39, 0.29) is 0 Å². The number of benzene rings is 2. The molecule has 2 aromatic carbocycles. The molecule has 21 heavy (non-hydrogen) atoms. The van der Waals surface area contributed by atoms with Crippen molar-refractivity contribution in [3.63, 3.8) is 0 Å². The van der Waals surface area contributed by atoms with Crippen LogP contribution in [-0.2, 0) is 0 Å². The van der Waals surface area contributed by atoms with Gasteiger partial charge in [0.05, 0.1) is 0 Å². The molecule has 3 rings (SSSR count). The molecule has 1 heterocycles. The third-order valence-electron chi connectivity index (χ3n) is 4.05. The van der Waals surface area contributed by atoms with E-state index in [1.165, 1.54) is 15.8 Å². The first-order valence-corrected chi connectivity index (χ1v) is 8.20. The average molecular weight is 297 g/mol. The summed E-state index contributed by atoms with van der Waals surface area (Å²) in [4.78, 5) is 4.79. The number of H-pyrrole nitrogens is 1. The number of hydrogen-bond donors (Lipinski definition) is 2. The summed E-state index contributed by atoms with van der Waals surface area (Å²) in [5, 5.41) is 11.2. The lowest BCUT2D eigenvalue weighted by molar-refractivity contribution is 0.467. The zero-order chi connectivity index (χ0) is 15.1. The smallest absolute Gasteiger partial charge is 0.121 e. The van der Waals surface area contributed by atoms with Gasteiger partial charge >= 0.3 is 0 Å². The van der Waals surface area contributed by atoms with Crippen LogP contribution < -0.4 is 0 Å². The number of hydrogen-bond acceptors (Lipinski definition) is 2. The Kier molecular flexibility index (Phi) is 3.46. The van der Waals surface area contributed by atoms with E-state index in [2.05, 4.69) is 36.4 Å². The summed E-state index contributed by atoms with van der Waals surface area (Å²) >= 11 is 1.76. The maximum Gasteiger partial charge on any atom is 0.121 e. The van der Waals surface area contributed by atoms with Crippen molar-refractivity contribution in [3.8, 4) is 17.0 Å². The van der Waals surface area contributed by atoms with Gasteiger partial charge < -0.3 is 10.1 Å². The second-order valence-electron chi connectivity index (χ2n) is 5.50. The number of thioether (sulfide) groups is 1. The van der Waals surface area contributed by atoms with Crippen LogP contribution in [0, 0.1) is 20.8 Å². The lowest BCUT2D eigenvalue weighted by Gasteiger charge is -2.07. The predicted molar refractivity (Wildman–Crippen MR) is 91.4 cm³/mol. The molecule has 1 aromatic heterocycles. The molecule has 0 unspecified atom stereocenters. The van der Waals surface area contributed by atoms with Crippen LogP contribution in [0.5, 0.6) is 5.75 Å². The largest absolute Gasteiger partial charge is 0.507 e. The SMILES string of the molecule is CSc1ccc2[nH]c(-c3cc(C)c(O)c(C)c3)c(C)c2c1. The second-order valence-corrected chi connectivity index (χ2v) is 6.37. The third-order valence-corrected chi connectivity index (χ3v) is 4.77. The minimum Gasteiger partial charge on any atom is -0.507 e. The van der Waals surface area contributed by atoms with Crippen molar-refractivity contribution in [2.75, 3.05) is 6.26 Å². The zero-order valence-electron chi connectivity index (χ0n) is 12.7. The van der Waals surface area contributed by atoms with Crippen LogP contribution in [0.25, 0.3) is 22.2 Å². The van der Waals surface area contributed by atoms with Gasteiger partial charge in [0, 0.05) is 21.5 Å². The Morgan fingerprint density at radius 2 is 1.67 bits per heavy atom. The number of fused-ring (bicyclic) bond motifs is 1. The standard InChI is InChI=1S/C18H19NOS/c1-10-7-13(8-11(2)18(10)20)17-12(3)15-9-14(21-4)5-6-16(15)19-17/h5-9,19-20H,1-4H3. The predicted octanol–water partition coefficient (Wildman–Crippen LogP) is 5.19. The molecular weight excluding hydrogens is 278 g/mol. The molecule has 2 N–H and O–H groups in total. The van der Waals surface area contributed by atoms with Gasteiger partial charge in [-0.15, -0.1) is 11.8 Å². The molecule has 0 atom stereocenters. The number of phenols is 1. The Morgan fingerprint density at radius 1 is 1.00 bits per heavy atom. The van der Waals surface area contributed by atoms with E-state index in [1.54, 1.807) is 11.8 Å². The highest BCUT2D eigenvalue weighted by Gasteiger charge is 2.12. The molecule has 0 fully saturated rings. The molecule has 0 bridgehead atoms. The highest BCUT2D eigenvalue weighted by molar-refractivity contribution is 7.98. The van der Waals surface area contributed by atoms with Crippen molar-refractivity contribution in [1.29, 1.82) is 0 Å². The quantitative estimate of drug-likeness (QED) is 0.639. The van der Waals surface area contributed by atoms with Gasteiger partial charge in [-0.25, -0.2) is 0 Å². The fourth-order valence-electron chi connectivity index (χ4n) is 2.82. The van der Waals surface area contributed by atoms with Crippen LogP contribution in [0.2, 0.25) is 0 Å². The van der Waals surface area contributed by atoms with Crippen molar-refractivity contribution in [3.05, 3.63) is 47.0 Å². The van der Waals surface area contributed by atoms with Gasteiger partial charge in [-0.1, -0.05) is 0 Å². The van der Waals surface area contributed by atoms with Crippen LogP contribution in [0.15, 0.2) is 35.2 Å². The molecule has 3 aromatic rings. The van der Waals surface area contributed by atoms with E-state index < -0.39 is 0 Å². The van der Waals surface area contributed by atoms with E-state index in [0.29, 0.717) is 5.75 Å². The van der Waals surface area contributed by atoms with E-state index in [9.17, 15) is 5.11 Å². The normalized spacial score (nSPS) is 11.2. The average Bonchev–Trinajstić information content (AvgIpc) is 2.81. The van der Waals surface area contributed by atoms with Gasteiger partial charge in [-0.3, -0.25) is 0 Å². The molecule has 0 spiro atoms. The molecule has 0 aliphatic carbocycles. The van der Waals surface area contributed by atoms with Gasteiger partial charge in [0.25, 0.3) is 0 Å². The van der Waals surface area contributed by atoms with Crippen LogP contribution >= 0.6 is 11.8 Å². The Balaban J connectivity index is 2.23. The first kappa shape index (κ1) is 14.1. The Labute approximate surface area is 129 Å². The van der Waals surface area contributed by atoms with Gasteiger partial charge in [0.15, 0.2) is 0 Å². The number of aryl methyl sites for hydroxylation is 3. The van der Waals surface area contributed by atoms with Crippen molar-refractivity contribution < 1.29 is 5.11 Å². The van der Waals surface area contributed by atoms with Crippen LogP contribution in [-0.4, -0.2) is 16.3 Å². The van der Waals surface area contributed by atoms with Gasteiger partial charge in [0.2, 0.25) is 0 Å². The highest BCUT2D eigenvalue weighted by Crippen LogP contribution is 2.34. The second kappa shape index (κ2) is 5.15. The minimum atomic E-state index is 0.386. The van der Waals surface area contributed by atoms with E-state index in [1.807, 2.05) is 26.0 Å². The number of phenolic OH excluding ortho intramolecular Hbond substituents is 1. The van der Waals surface area contributed by atoms with E-state index >= 15 is 0 Å². The summed E-state index contributed by atoms with van der Waals surface area (Å²) in [6, 6.07) is 10.6. The molecule has 0 amide bonds. The van der Waals surface area contributed by atoms with Gasteiger partial charge in [0.1, 0.15) is 5.75 Å². The number of aromatic hydroxyl groups is 1. The summed E-state index contributed by atoms with van der Waals surface area (Å²) in [7, 11) is 0. The Morgan fingerprint density at radius 3 is 2.29 bits per heavy atom. The van der Waals surface area contributed by atoms with E-state index in [4.69, 9.17) is 0 Å². The maximum absolute atomic E-state index is 9.94. The number of aromatic amines is 1. The van der Waals surface area contributed by atoms with E-state index in [0.717, 1.165) is 27.9 Å². The Hall–Kier alpha value is -1.87. The van der Waals surface area contributed by atoms with Gasteiger partial charge in [-0.05, 0) is 79.6 Å². The topological polar surface area (TPSA) is 36.0 Å².